The second-order valence-corrected chi connectivity index (χ2v) is 3.94. The third kappa shape index (κ3) is 3.60. The van der Waals surface area contributed by atoms with E-state index in [9.17, 15) is 18.9 Å². The highest BCUT2D eigenvalue weighted by Crippen LogP contribution is 2.20. The fraction of sp³-hybridized carbons (Fsp3) is 0.364. The lowest BCUT2D eigenvalue weighted by atomic mass is 10.3. The predicted octanol–water partition coefficient (Wildman–Crippen LogP) is 2.16. The molecule has 2 N–H and O–H groups in total. The van der Waals surface area contributed by atoms with Crippen LogP contribution < -0.4 is 5.32 Å². The number of aromatic amines is 1. The Balaban J connectivity index is 1.93. The molecule has 0 bridgehead atoms. The summed E-state index contributed by atoms with van der Waals surface area (Å²) in [5.41, 5.74) is 1.06. The fourth-order valence-electron chi connectivity index (χ4n) is 1.61. The van der Waals surface area contributed by atoms with E-state index in [1.165, 1.54) is 18.2 Å². The third-order valence-corrected chi connectivity index (χ3v) is 2.46. The number of alkyl halides is 2. The molecule has 7 nitrogen and oxygen atoms in total. The molecule has 0 aliphatic carbocycles. The van der Waals surface area contributed by atoms with Gasteiger partial charge in [0.15, 0.2) is 0 Å². The van der Waals surface area contributed by atoms with Crippen LogP contribution in [0.5, 0.6) is 0 Å². The summed E-state index contributed by atoms with van der Waals surface area (Å²) in [6, 6.07) is 4.27. The Morgan fingerprint density at radius 2 is 2.30 bits per heavy atom. The van der Waals surface area contributed by atoms with Crippen LogP contribution in [0.2, 0.25) is 0 Å². The number of benzene rings is 1. The molecule has 0 atom stereocenters. The molecule has 20 heavy (non-hydrogen) atoms. The molecule has 0 radical (unpaired) electrons. The van der Waals surface area contributed by atoms with E-state index in [0.29, 0.717) is 23.5 Å². The monoisotopic (exact) mass is 286 g/mol. The van der Waals surface area contributed by atoms with Crippen molar-refractivity contribution in [1.82, 2.24) is 9.97 Å². The van der Waals surface area contributed by atoms with Crippen LogP contribution in [0, 0.1) is 10.1 Å². The second kappa shape index (κ2) is 6.24. The molecule has 0 aliphatic rings. The van der Waals surface area contributed by atoms with E-state index in [2.05, 4.69) is 15.3 Å². The highest BCUT2D eigenvalue weighted by Gasteiger charge is 2.09. The Labute approximate surface area is 112 Å². The number of halogens is 2. The lowest BCUT2D eigenvalue weighted by molar-refractivity contribution is -0.384. The average Bonchev–Trinajstić information content (AvgIpc) is 2.79. The van der Waals surface area contributed by atoms with Crippen molar-refractivity contribution in [3.63, 3.8) is 0 Å². The van der Waals surface area contributed by atoms with Crippen molar-refractivity contribution in [3.8, 4) is 0 Å². The maximum Gasteiger partial charge on any atom is 0.271 e. The number of rotatable bonds is 7. The van der Waals surface area contributed by atoms with E-state index in [0.717, 1.165) is 0 Å². The van der Waals surface area contributed by atoms with Crippen molar-refractivity contribution < 1.29 is 18.4 Å². The topological polar surface area (TPSA) is 93.1 Å². The lowest BCUT2D eigenvalue weighted by Gasteiger charge is -2.03. The number of nitro groups is 1. The van der Waals surface area contributed by atoms with Gasteiger partial charge in [0.1, 0.15) is 6.61 Å². The van der Waals surface area contributed by atoms with E-state index in [4.69, 9.17) is 4.74 Å². The molecule has 0 unspecified atom stereocenters. The van der Waals surface area contributed by atoms with Crippen LogP contribution in [-0.4, -0.2) is 41.1 Å². The van der Waals surface area contributed by atoms with Crippen molar-refractivity contribution >= 4 is 22.7 Å². The molecular weight excluding hydrogens is 274 g/mol. The number of nitrogens with zero attached hydrogens (tertiary/aromatic N) is 2. The van der Waals surface area contributed by atoms with Gasteiger partial charge in [-0.15, -0.1) is 0 Å². The van der Waals surface area contributed by atoms with Crippen molar-refractivity contribution in [2.24, 2.45) is 0 Å². The van der Waals surface area contributed by atoms with Crippen molar-refractivity contribution in [3.05, 3.63) is 28.3 Å². The first-order valence-corrected chi connectivity index (χ1v) is 5.80. The summed E-state index contributed by atoms with van der Waals surface area (Å²) in [5, 5.41) is 13.5. The van der Waals surface area contributed by atoms with Crippen LogP contribution in [0.1, 0.15) is 0 Å². The van der Waals surface area contributed by atoms with Gasteiger partial charge in [0, 0.05) is 18.7 Å². The summed E-state index contributed by atoms with van der Waals surface area (Å²) in [6.45, 7) is -0.190. The van der Waals surface area contributed by atoms with Gasteiger partial charge in [0.2, 0.25) is 5.95 Å². The van der Waals surface area contributed by atoms with Gasteiger partial charge in [0.05, 0.1) is 22.6 Å². The van der Waals surface area contributed by atoms with Crippen molar-refractivity contribution in [2.45, 2.75) is 6.43 Å². The summed E-state index contributed by atoms with van der Waals surface area (Å²) >= 11 is 0. The zero-order valence-corrected chi connectivity index (χ0v) is 10.3. The molecule has 0 saturated heterocycles. The molecular formula is C11H12F2N4O3. The number of H-pyrrole nitrogens is 1. The predicted molar refractivity (Wildman–Crippen MR) is 68.1 cm³/mol. The molecule has 2 aromatic rings. The number of hydrogen-bond donors (Lipinski definition) is 2. The number of anilines is 1. The smallest absolute Gasteiger partial charge is 0.271 e. The van der Waals surface area contributed by atoms with Gasteiger partial charge in [0.25, 0.3) is 12.1 Å². The van der Waals surface area contributed by atoms with Gasteiger partial charge < -0.3 is 15.0 Å². The van der Waals surface area contributed by atoms with Crippen LogP contribution in [-0.2, 0) is 4.74 Å². The van der Waals surface area contributed by atoms with E-state index in [1.807, 2.05) is 0 Å². The first-order valence-electron chi connectivity index (χ1n) is 5.80. The van der Waals surface area contributed by atoms with Gasteiger partial charge in [-0.05, 0) is 6.07 Å². The minimum Gasteiger partial charge on any atom is -0.374 e. The summed E-state index contributed by atoms with van der Waals surface area (Å²) in [5.74, 6) is 0.404. The van der Waals surface area contributed by atoms with Gasteiger partial charge in [-0.25, -0.2) is 13.8 Å². The Bertz CT molecular complexity index is 602. The lowest BCUT2D eigenvalue weighted by Crippen LogP contribution is -2.13. The normalized spacial score (nSPS) is 11.2. The van der Waals surface area contributed by atoms with Gasteiger partial charge >= 0.3 is 0 Å². The van der Waals surface area contributed by atoms with Gasteiger partial charge in [-0.2, -0.15) is 0 Å². The third-order valence-electron chi connectivity index (χ3n) is 2.46. The molecule has 108 valence electrons. The minimum atomic E-state index is -2.48. The Morgan fingerprint density at radius 3 is 3.00 bits per heavy atom. The van der Waals surface area contributed by atoms with Crippen LogP contribution in [0.3, 0.4) is 0 Å². The molecule has 1 aromatic heterocycles. The van der Waals surface area contributed by atoms with E-state index in [-0.39, 0.29) is 12.3 Å². The number of non-ortho nitro benzene ring substituents is 1. The minimum absolute atomic E-state index is 0.0343. The van der Waals surface area contributed by atoms with E-state index in [1.54, 1.807) is 0 Å². The number of nitrogens with one attached hydrogen (secondary N) is 2. The fourth-order valence-corrected chi connectivity index (χ4v) is 1.61. The van der Waals surface area contributed by atoms with Crippen LogP contribution in [0.4, 0.5) is 20.4 Å². The molecule has 0 saturated carbocycles. The number of nitro benzene ring substituents is 1. The molecule has 2 rings (SSSR count). The van der Waals surface area contributed by atoms with E-state index < -0.39 is 18.0 Å². The quantitative estimate of drug-likeness (QED) is 0.462. The first-order chi connectivity index (χ1) is 9.56. The zero-order valence-electron chi connectivity index (χ0n) is 10.3. The summed E-state index contributed by atoms with van der Waals surface area (Å²) in [4.78, 5) is 17.1. The number of ether oxygens (including phenoxy) is 1. The van der Waals surface area contributed by atoms with Crippen LogP contribution in [0.15, 0.2) is 18.2 Å². The molecule has 0 aliphatic heterocycles. The van der Waals surface area contributed by atoms with Crippen molar-refractivity contribution in [2.75, 3.05) is 25.1 Å². The highest BCUT2D eigenvalue weighted by atomic mass is 19.3. The summed E-state index contributed by atoms with van der Waals surface area (Å²) < 4.78 is 28.3. The molecule has 9 heteroatoms. The Kier molecular flexibility index (Phi) is 4.41. The largest absolute Gasteiger partial charge is 0.374 e. The zero-order chi connectivity index (χ0) is 14.5. The van der Waals surface area contributed by atoms with Gasteiger partial charge in [-0.3, -0.25) is 10.1 Å². The molecule has 0 amide bonds. The highest BCUT2D eigenvalue weighted by molar-refractivity contribution is 5.79. The Morgan fingerprint density at radius 1 is 1.50 bits per heavy atom. The molecule has 0 spiro atoms. The number of fused-ring (bicyclic) bond motifs is 1. The van der Waals surface area contributed by atoms with Crippen LogP contribution in [0.25, 0.3) is 11.0 Å². The van der Waals surface area contributed by atoms with Gasteiger partial charge in [-0.1, -0.05) is 0 Å². The SMILES string of the molecule is O=[N+]([O-])c1ccc2nc(NCCOCC(F)F)[nH]c2c1. The number of imidazole rings is 1. The Hall–Kier alpha value is -2.29. The maximum atomic E-state index is 11.8. The standard InChI is InChI=1S/C11H12F2N4O3/c12-10(13)6-20-4-3-14-11-15-8-2-1-7(17(18)19)5-9(8)16-11/h1-2,5,10H,3-4,6H2,(H2,14,15,16). The molecule has 1 aromatic carbocycles. The van der Waals surface area contributed by atoms with Crippen molar-refractivity contribution in [1.29, 1.82) is 0 Å². The maximum absolute atomic E-state index is 11.8. The average molecular weight is 286 g/mol. The molecule has 1 heterocycles. The molecule has 0 fully saturated rings. The first kappa shape index (κ1) is 14.1. The van der Waals surface area contributed by atoms with Crippen LogP contribution >= 0.6 is 0 Å². The summed E-state index contributed by atoms with van der Waals surface area (Å²) in [7, 11) is 0. The van der Waals surface area contributed by atoms with E-state index >= 15 is 0 Å². The second-order valence-electron chi connectivity index (χ2n) is 3.94. The number of hydrogen-bond acceptors (Lipinski definition) is 5. The summed E-state index contributed by atoms with van der Waals surface area (Å²) in [6.07, 6.45) is -2.48. The number of aromatic nitrogens is 2.